The van der Waals surface area contributed by atoms with Crippen molar-refractivity contribution >= 4 is 0 Å². The third kappa shape index (κ3) is 2.71. The number of benzene rings is 1. The smallest absolute Gasteiger partial charge is 0.231 e. The molecule has 0 fully saturated rings. The van der Waals surface area contributed by atoms with E-state index in [-0.39, 0.29) is 12.0 Å². The molecule has 0 saturated carbocycles. The zero-order valence-electron chi connectivity index (χ0n) is 12.0. The molecule has 0 saturated heterocycles. The molecule has 3 aromatic rings. The van der Waals surface area contributed by atoms with Gasteiger partial charge in [0.25, 0.3) is 0 Å². The minimum Gasteiger partial charge on any atom is -0.339 e. The molecule has 0 amide bonds. The highest BCUT2D eigenvalue weighted by Gasteiger charge is 2.23. The van der Waals surface area contributed by atoms with Gasteiger partial charge in [-0.25, -0.2) is 0 Å². The lowest BCUT2D eigenvalue weighted by Gasteiger charge is -2.16. The first kappa shape index (κ1) is 13.5. The summed E-state index contributed by atoms with van der Waals surface area (Å²) in [7, 11) is 1.85. The lowest BCUT2D eigenvalue weighted by molar-refractivity contribution is 0.343. The number of hydrogen-bond acceptors (Lipinski definition) is 5. The highest BCUT2D eigenvalue weighted by Crippen LogP contribution is 2.28. The van der Waals surface area contributed by atoms with Crippen molar-refractivity contribution in [2.24, 2.45) is 12.8 Å². The fourth-order valence-corrected chi connectivity index (χ4v) is 2.18. The molecule has 6 nitrogen and oxygen atoms in total. The Kier molecular flexibility index (Phi) is 3.53. The van der Waals surface area contributed by atoms with Crippen LogP contribution in [0.25, 0.3) is 11.5 Å². The molecule has 2 N–H and O–H groups in total. The summed E-state index contributed by atoms with van der Waals surface area (Å²) in [6, 6.07) is 11.5. The quantitative estimate of drug-likeness (QED) is 0.794. The largest absolute Gasteiger partial charge is 0.339 e. The van der Waals surface area contributed by atoms with Gasteiger partial charge in [-0.3, -0.25) is 4.68 Å². The van der Waals surface area contributed by atoms with Gasteiger partial charge in [0.2, 0.25) is 11.7 Å². The first-order valence-electron chi connectivity index (χ1n) is 6.79. The van der Waals surface area contributed by atoms with Gasteiger partial charge >= 0.3 is 0 Å². The van der Waals surface area contributed by atoms with Gasteiger partial charge in [-0.15, -0.1) is 0 Å². The zero-order chi connectivity index (χ0) is 14.8. The lowest BCUT2D eigenvalue weighted by atomic mass is 9.95. The van der Waals surface area contributed by atoms with Crippen LogP contribution in [0.1, 0.15) is 30.3 Å². The van der Waals surface area contributed by atoms with E-state index in [4.69, 9.17) is 10.3 Å². The first-order chi connectivity index (χ1) is 10.1. The predicted molar refractivity (Wildman–Crippen MR) is 78.3 cm³/mol. The molecule has 0 aliphatic carbocycles. The summed E-state index contributed by atoms with van der Waals surface area (Å²) in [5, 5.41) is 8.24. The molecular weight excluding hydrogens is 266 g/mol. The van der Waals surface area contributed by atoms with Gasteiger partial charge in [0.1, 0.15) is 5.69 Å². The second-order valence-corrected chi connectivity index (χ2v) is 5.06. The molecule has 3 rings (SSSR count). The Bertz CT molecular complexity index is 719. The number of rotatable bonds is 4. The molecule has 108 valence electrons. The van der Waals surface area contributed by atoms with Crippen molar-refractivity contribution in [2.45, 2.75) is 18.9 Å². The maximum atomic E-state index is 6.28. The van der Waals surface area contributed by atoms with Crippen molar-refractivity contribution in [1.29, 1.82) is 0 Å². The van der Waals surface area contributed by atoms with E-state index in [1.165, 1.54) is 0 Å². The second kappa shape index (κ2) is 5.49. The standard InChI is InChI=1S/C15H17N5O/c1-10(13(16)11-6-4-3-5-7-11)15-17-14(19-21-15)12-8-9-20(2)18-12/h3-10,13H,16H2,1-2H3. The van der Waals surface area contributed by atoms with Crippen LogP contribution in [0.4, 0.5) is 0 Å². The molecule has 0 aliphatic rings. The third-order valence-electron chi connectivity index (χ3n) is 3.50. The van der Waals surface area contributed by atoms with E-state index in [0.29, 0.717) is 17.4 Å². The Hall–Kier alpha value is -2.47. The van der Waals surface area contributed by atoms with Gasteiger partial charge < -0.3 is 10.3 Å². The Labute approximate surface area is 122 Å². The minimum absolute atomic E-state index is 0.0719. The summed E-state index contributed by atoms with van der Waals surface area (Å²) in [6.07, 6.45) is 1.84. The summed E-state index contributed by atoms with van der Waals surface area (Å²) in [4.78, 5) is 4.41. The van der Waals surface area contributed by atoms with Gasteiger partial charge in [-0.05, 0) is 11.6 Å². The zero-order valence-corrected chi connectivity index (χ0v) is 12.0. The summed E-state index contributed by atoms with van der Waals surface area (Å²) in [6.45, 7) is 1.98. The third-order valence-corrected chi connectivity index (χ3v) is 3.50. The topological polar surface area (TPSA) is 82.8 Å². The average Bonchev–Trinajstić information content (AvgIpc) is 3.15. The molecule has 2 aromatic heterocycles. The number of hydrogen-bond donors (Lipinski definition) is 1. The van der Waals surface area contributed by atoms with Gasteiger partial charge in [-0.1, -0.05) is 42.4 Å². The molecule has 2 atom stereocenters. The normalized spacial score (nSPS) is 14.0. The van der Waals surface area contributed by atoms with Crippen molar-refractivity contribution in [1.82, 2.24) is 19.9 Å². The Balaban J connectivity index is 1.82. The van der Waals surface area contributed by atoms with Crippen LogP contribution in [0, 0.1) is 0 Å². The number of aryl methyl sites for hydroxylation is 1. The van der Waals surface area contributed by atoms with Crippen LogP contribution < -0.4 is 5.73 Å². The van der Waals surface area contributed by atoms with E-state index in [1.54, 1.807) is 4.68 Å². The predicted octanol–water partition coefficient (Wildman–Crippen LogP) is 2.27. The molecule has 0 bridgehead atoms. The molecule has 6 heteroatoms. The highest BCUT2D eigenvalue weighted by molar-refractivity contribution is 5.46. The van der Waals surface area contributed by atoms with E-state index in [2.05, 4.69) is 15.2 Å². The van der Waals surface area contributed by atoms with E-state index < -0.39 is 0 Å². The fraction of sp³-hybridized carbons (Fsp3) is 0.267. The van der Waals surface area contributed by atoms with Crippen LogP contribution in [0.5, 0.6) is 0 Å². The monoisotopic (exact) mass is 283 g/mol. The highest BCUT2D eigenvalue weighted by atomic mass is 16.5. The second-order valence-electron chi connectivity index (χ2n) is 5.06. The summed E-state index contributed by atoms with van der Waals surface area (Å²) in [5.74, 6) is 0.932. The van der Waals surface area contributed by atoms with Crippen LogP contribution in [-0.2, 0) is 7.05 Å². The van der Waals surface area contributed by atoms with Crippen molar-refractivity contribution < 1.29 is 4.52 Å². The van der Waals surface area contributed by atoms with Crippen LogP contribution in [-0.4, -0.2) is 19.9 Å². The average molecular weight is 283 g/mol. The Morgan fingerprint density at radius 2 is 1.95 bits per heavy atom. The molecule has 0 spiro atoms. The SMILES string of the molecule is CC(c1nc(-c2ccn(C)n2)no1)C(N)c1ccccc1. The van der Waals surface area contributed by atoms with Crippen LogP contribution in [0.3, 0.4) is 0 Å². The van der Waals surface area contributed by atoms with Gasteiger partial charge in [0.15, 0.2) is 0 Å². The van der Waals surface area contributed by atoms with Crippen LogP contribution >= 0.6 is 0 Å². The number of nitrogens with two attached hydrogens (primary N) is 1. The van der Waals surface area contributed by atoms with Crippen molar-refractivity contribution in [2.75, 3.05) is 0 Å². The molecular formula is C15H17N5O. The van der Waals surface area contributed by atoms with Crippen LogP contribution in [0.2, 0.25) is 0 Å². The summed E-state index contributed by atoms with van der Waals surface area (Å²) >= 11 is 0. The Morgan fingerprint density at radius 1 is 1.19 bits per heavy atom. The molecule has 0 radical (unpaired) electrons. The number of nitrogens with zero attached hydrogens (tertiary/aromatic N) is 4. The summed E-state index contributed by atoms with van der Waals surface area (Å²) in [5.41, 5.74) is 8.01. The molecule has 0 aliphatic heterocycles. The maximum absolute atomic E-state index is 6.28. The minimum atomic E-state index is -0.191. The van der Waals surface area contributed by atoms with Gasteiger partial charge in [0.05, 0.1) is 5.92 Å². The lowest BCUT2D eigenvalue weighted by Crippen LogP contribution is -2.17. The molecule has 2 unspecified atom stereocenters. The van der Waals surface area contributed by atoms with E-state index in [1.807, 2.05) is 56.6 Å². The fourth-order valence-electron chi connectivity index (χ4n) is 2.18. The number of aromatic nitrogens is 4. The van der Waals surface area contributed by atoms with E-state index >= 15 is 0 Å². The van der Waals surface area contributed by atoms with E-state index in [0.717, 1.165) is 5.56 Å². The first-order valence-corrected chi connectivity index (χ1v) is 6.79. The van der Waals surface area contributed by atoms with Crippen molar-refractivity contribution in [3.63, 3.8) is 0 Å². The Morgan fingerprint density at radius 3 is 2.62 bits per heavy atom. The van der Waals surface area contributed by atoms with E-state index in [9.17, 15) is 0 Å². The molecule has 2 heterocycles. The maximum Gasteiger partial charge on any atom is 0.231 e. The van der Waals surface area contributed by atoms with Crippen molar-refractivity contribution in [3.8, 4) is 11.5 Å². The summed E-state index contributed by atoms with van der Waals surface area (Å²) < 4.78 is 7.04. The van der Waals surface area contributed by atoms with Crippen LogP contribution in [0.15, 0.2) is 47.1 Å². The molecule has 1 aromatic carbocycles. The molecule has 21 heavy (non-hydrogen) atoms. The van der Waals surface area contributed by atoms with Crippen molar-refractivity contribution in [3.05, 3.63) is 54.0 Å². The van der Waals surface area contributed by atoms with Gasteiger partial charge in [-0.2, -0.15) is 10.1 Å². The van der Waals surface area contributed by atoms with Gasteiger partial charge in [0, 0.05) is 19.3 Å².